The molecule has 2 aromatic heterocycles. The first kappa shape index (κ1) is 20.6. The van der Waals surface area contributed by atoms with E-state index in [2.05, 4.69) is 98.7 Å². The molecule has 1 fully saturated rings. The van der Waals surface area contributed by atoms with Gasteiger partial charge in [-0.2, -0.15) is 0 Å². The van der Waals surface area contributed by atoms with Gasteiger partial charge in [0.1, 0.15) is 5.82 Å². The first-order valence-corrected chi connectivity index (χ1v) is 10.7. The predicted molar refractivity (Wildman–Crippen MR) is 127 cm³/mol. The summed E-state index contributed by atoms with van der Waals surface area (Å²) >= 11 is 0. The van der Waals surface area contributed by atoms with Gasteiger partial charge in [-0.25, -0.2) is 4.98 Å². The molecule has 0 atom stereocenters. The SMILES string of the molecule is CN(C)c1ccc(-c2cc3ncccc3c(NC3CC(C)(C)NC(C)(C)C3)n2)cc1. The van der Waals surface area contributed by atoms with Crippen LogP contribution in [0.15, 0.2) is 48.7 Å². The lowest BCUT2D eigenvalue weighted by Crippen LogP contribution is -2.60. The van der Waals surface area contributed by atoms with Crippen molar-refractivity contribution in [2.45, 2.75) is 57.7 Å². The van der Waals surface area contributed by atoms with Crippen molar-refractivity contribution >= 4 is 22.4 Å². The highest BCUT2D eigenvalue weighted by atomic mass is 15.1. The zero-order valence-corrected chi connectivity index (χ0v) is 19.0. The fraction of sp³-hybridized carbons (Fsp3) is 0.440. The van der Waals surface area contributed by atoms with Crippen molar-refractivity contribution in [3.63, 3.8) is 0 Å². The van der Waals surface area contributed by atoms with Crippen molar-refractivity contribution in [1.29, 1.82) is 0 Å². The van der Waals surface area contributed by atoms with E-state index in [0.717, 1.165) is 40.8 Å². The molecule has 30 heavy (non-hydrogen) atoms. The average Bonchev–Trinajstić information content (AvgIpc) is 2.65. The van der Waals surface area contributed by atoms with Crippen LogP contribution >= 0.6 is 0 Å². The average molecular weight is 404 g/mol. The van der Waals surface area contributed by atoms with Crippen LogP contribution in [0.2, 0.25) is 0 Å². The van der Waals surface area contributed by atoms with E-state index in [4.69, 9.17) is 4.98 Å². The predicted octanol–water partition coefficient (Wildman–Crippen LogP) is 5.08. The van der Waals surface area contributed by atoms with Gasteiger partial charge < -0.3 is 15.5 Å². The molecule has 0 saturated carbocycles. The number of hydrogen-bond donors (Lipinski definition) is 2. The van der Waals surface area contributed by atoms with Crippen molar-refractivity contribution < 1.29 is 0 Å². The van der Waals surface area contributed by atoms with Crippen molar-refractivity contribution in [1.82, 2.24) is 15.3 Å². The molecule has 5 nitrogen and oxygen atoms in total. The maximum Gasteiger partial charge on any atom is 0.136 e. The molecule has 1 saturated heterocycles. The van der Waals surface area contributed by atoms with Gasteiger partial charge >= 0.3 is 0 Å². The van der Waals surface area contributed by atoms with E-state index in [1.807, 2.05) is 12.3 Å². The highest BCUT2D eigenvalue weighted by Crippen LogP contribution is 2.33. The zero-order chi connectivity index (χ0) is 21.5. The van der Waals surface area contributed by atoms with Crippen molar-refractivity contribution in [3.05, 3.63) is 48.7 Å². The Bertz CT molecular complexity index is 1020. The molecule has 0 bridgehead atoms. The Hall–Kier alpha value is -2.66. The molecule has 1 aromatic carbocycles. The Kier molecular flexibility index (Phi) is 5.18. The lowest BCUT2D eigenvalue weighted by atomic mass is 9.79. The molecule has 3 heterocycles. The molecular weight excluding hydrogens is 370 g/mol. The molecule has 158 valence electrons. The summed E-state index contributed by atoms with van der Waals surface area (Å²) < 4.78 is 0. The summed E-state index contributed by atoms with van der Waals surface area (Å²) in [7, 11) is 4.11. The number of pyridine rings is 2. The van der Waals surface area contributed by atoms with Crippen LogP contribution in [-0.4, -0.2) is 41.2 Å². The summed E-state index contributed by atoms with van der Waals surface area (Å²) in [5.74, 6) is 0.922. The van der Waals surface area contributed by atoms with E-state index in [1.54, 1.807) is 0 Å². The molecular formula is C25H33N5. The molecule has 0 aliphatic carbocycles. The Morgan fingerprint density at radius 2 is 1.67 bits per heavy atom. The number of aromatic nitrogens is 2. The quantitative estimate of drug-likeness (QED) is 0.636. The third kappa shape index (κ3) is 4.41. The Labute approximate surface area is 179 Å². The molecule has 0 spiro atoms. The van der Waals surface area contributed by atoms with Gasteiger partial charge in [-0.15, -0.1) is 0 Å². The minimum Gasteiger partial charge on any atom is -0.378 e. The van der Waals surface area contributed by atoms with Crippen molar-refractivity contribution in [2.24, 2.45) is 0 Å². The molecule has 5 heteroatoms. The third-order valence-corrected chi connectivity index (χ3v) is 5.81. The fourth-order valence-electron chi connectivity index (χ4n) is 4.88. The summed E-state index contributed by atoms with van der Waals surface area (Å²) in [4.78, 5) is 11.8. The van der Waals surface area contributed by atoms with E-state index in [-0.39, 0.29) is 11.1 Å². The highest BCUT2D eigenvalue weighted by Gasteiger charge is 2.37. The number of hydrogen-bond acceptors (Lipinski definition) is 5. The van der Waals surface area contributed by atoms with Crippen LogP contribution in [0.1, 0.15) is 40.5 Å². The molecule has 1 aliphatic heterocycles. The number of anilines is 2. The first-order valence-electron chi connectivity index (χ1n) is 10.7. The monoisotopic (exact) mass is 403 g/mol. The maximum atomic E-state index is 5.05. The summed E-state index contributed by atoms with van der Waals surface area (Å²) in [5.41, 5.74) is 4.34. The number of nitrogens with zero attached hydrogens (tertiary/aromatic N) is 3. The van der Waals surface area contributed by atoms with E-state index in [9.17, 15) is 0 Å². The van der Waals surface area contributed by atoms with E-state index < -0.39 is 0 Å². The standard InChI is InChI=1S/C25H33N5/c1-24(2)15-18(16-25(3,4)29-24)27-23-20-8-7-13-26-22(20)14-21(28-23)17-9-11-19(12-10-17)30(5)6/h7-14,18,29H,15-16H2,1-6H3,(H,27,28). The van der Waals surface area contributed by atoms with E-state index >= 15 is 0 Å². The summed E-state index contributed by atoms with van der Waals surface area (Å²) in [6.45, 7) is 9.10. The largest absolute Gasteiger partial charge is 0.378 e. The van der Waals surface area contributed by atoms with Gasteiger partial charge in [0.15, 0.2) is 0 Å². The minimum atomic E-state index is 0.0765. The maximum absolute atomic E-state index is 5.05. The van der Waals surface area contributed by atoms with Crippen LogP contribution in [0.4, 0.5) is 11.5 Å². The summed E-state index contributed by atoms with van der Waals surface area (Å²) in [6, 6.07) is 15.0. The second-order valence-corrected chi connectivity index (χ2v) is 10.0. The van der Waals surface area contributed by atoms with Gasteiger partial charge in [0.25, 0.3) is 0 Å². The van der Waals surface area contributed by atoms with Crippen LogP contribution in [0, 0.1) is 0 Å². The van der Waals surface area contributed by atoms with Crippen LogP contribution in [0.3, 0.4) is 0 Å². The summed E-state index contributed by atoms with van der Waals surface area (Å²) in [6.07, 6.45) is 3.94. The first-order chi connectivity index (χ1) is 14.1. The lowest BCUT2D eigenvalue weighted by molar-refractivity contribution is 0.170. The van der Waals surface area contributed by atoms with Gasteiger partial charge in [0, 0.05) is 54.0 Å². The number of fused-ring (bicyclic) bond motifs is 1. The molecule has 4 rings (SSSR count). The second-order valence-electron chi connectivity index (χ2n) is 10.0. The number of piperidine rings is 1. The van der Waals surface area contributed by atoms with E-state index in [0.29, 0.717) is 6.04 Å². The van der Waals surface area contributed by atoms with Gasteiger partial charge in [-0.05, 0) is 70.9 Å². The molecule has 0 radical (unpaired) electrons. The number of rotatable bonds is 4. The van der Waals surface area contributed by atoms with Crippen molar-refractivity contribution in [3.8, 4) is 11.3 Å². The van der Waals surface area contributed by atoms with Gasteiger partial charge in [-0.1, -0.05) is 12.1 Å². The third-order valence-electron chi connectivity index (χ3n) is 5.81. The number of benzene rings is 1. The molecule has 1 aliphatic rings. The Balaban J connectivity index is 1.72. The van der Waals surface area contributed by atoms with Crippen LogP contribution in [0.5, 0.6) is 0 Å². The van der Waals surface area contributed by atoms with Crippen LogP contribution in [0.25, 0.3) is 22.2 Å². The van der Waals surface area contributed by atoms with E-state index in [1.165, 1.54) is 5.69 Å². The second kappa shape index (κ2) is 7.55. The normalized spacial score (nSPS) is 18.3. The van der Waals surface area contributed by atoms with Crippen LogP contribution in [-0.2, 0) is 0 Å². The number of nitrogens with one attached hydrogen (secondary N) is 2. The van der Waals surface area contributed by atoms with Gasteiger partial charge in [0.2, 0.25) is 0 Å². The van der Waals surface area contributed by atoms with Crippen LogP contribution < -0.4 is 15.5 Å². The Morgan fingerprint density at radius 1 is 1.00 bits per heavy atom. The zero-order valence-electron chi connectivity index (χ0n) is 19.0. The van der Waals surface area contributed by atoms with Crippen molar-refractivity contribution in [2.75, 3.05) is 24.3 Å². The molecule has 2 N–H and O–H groups in total. The highest BCUT2D eigenvalue weighted by molar-refractivity contribution is 5.92. The molecule has 0 unspecified atom stereocenters. The Morgan fingerprint density at radius 3 is 2.30 bits per heavy atom. The minimum absolute atomic E-state index is 0.0765. The topological polar surface area (TPSA) is 53.1 Å². The summed E-state index contributed by atoms with van der Waals surface area (Å²) in [5, 5.41) is 8.60. The van der Waals surface area contributed by atoms with Gasteiger partial charge in [0.05, 0.1) is 11.2 Å². The lowest BCUT2D eigenvalue weighted by Gasteiger charge is -2.46. The molecule has 0 amide bonds. The van der Waals surface area contributed by atoms with Gasteiger partial charge in [-0.3, -0.25) is 4.98 Å². The fourth-order valence-corrected chi connectivity index (χ4v) is 4.88. The smallest absolute Gasteiger partial charge is 0.136 e. The molecule has 3 aromatic rings.